The van der Waals surface area contributed by atoms with Crippen molar-refractivity contribution < 1.29 is 9.59 Å². The van der Waals surface area contributed by atoms with Crippen molar-refractivity contribution in [3.8, 4) is 0 Å². The molecule has 2 aromatic rings. The van der Waals surface area contributed by atoms with Gasteiger partial charge < -0.3 is 10.2 Å². The van der Waals surface area contributed by atoms with Crippen molar-refractivity contribution in [2.75, 3.05) is 19.4 Å². The van der Waals surface area contributed by atoms with Gasteiger partial charge in [0, 0.05) is 24.0 Å². The van der Waals surface area contributed by atoms with Gasteiger partial charge in [-0.15, -0.1) is 11.8 Å². The van der Waals surface area contributed by atoms with E-state index in [0.717, 1.165) is 4.90 Å². The first kappa shape index (κ1) is 19.6. The molecule has 4 nitrogen and oxygen atoms in total. The van der Waals surface area contributed by atoms with Gasteiger partial charge in [-0.1, -0.05) is 35.3 Å². The second-order valence-electron chi connectivity index (χ2n) is 5.57. The quantitative estimate of drug-likeness (QED) is 0.737. The Labute approximate surface area is 161 Å². The monoisotopic (exact) mass is 396 g/mol. The maximum atomic E-state index is 12.5. The summed E-state index contributed by atoms with van der Waals surface area (Å²) >= 11 is 13.4. The summed E-state index contributed by atoms with van der Waals surface area (Å²) in [7, 11) is 3.33. The number of nitrogens with one attached hydrogen (secondary N) is 1. The maximum Gasteiger partial charge on any atom is 0.255 e. The van der Waals surface area contributed by atoms with E-state index in [0.29, 0.717) is 21.3 Å². The van der Waals surface area contributed by atoms with E-state index in [1.165, 1.54) is 16.7 Å². The smallest absolute Gasteiger partial charge is 0.255 e. The number of carbonyl (C=O) groups is 2. The van der Waals surface area contributed by atoms with Gasteiger partial charge in [-0.25, -0.2) is 0 Å². The largest absolute Gasteiger partial charge is 0.345 e. The number of anilines is 1. The molecule has 0 saturated heterocycles. The highest BCUT2D eigenvalue weighted by Gasteiger charge is 2.19. The van der Waals surface area contributed by atoms with Gasteiger partial charge in [0.15, 0.2) is 0 Å². The fourth-order valence-electron chi connectivity index (χ4n) is 2.07. The lowest BCUT2D eigenvalue weighted by Crippen LogP contribution is -2.26. The number of carbonyl (C=O) groups excluding carboxylic acids is 2. The number of rotatable bonds is 5. The van der Waals surface area contributed by atoms with Crippen LogP contribution in [0.3, 0.4) is 0 Å². The zero-order valence-corrected chi connectivity index (χ0v) is 16.4. The van der Waals surface area contributed by atoms with Crippen LogP contribution in [0, 0.1) is 0 Å². The number of hydrogen-bond acceptors (Lipinski definition) is 3. The van der Waals surface area contributed by atoms with Crippen LogP contribution < -0.4 is 5.32 Å². The van der Waals surface area contributed by atoms with Crippen LogP contribution >= 0.6 is 35.0 Å². The molecule has 0 heterocycles. The molecule has 0 aromatic heterocycles. The molecular formula is C18H18Cl2N2O2S. The molecule has 0 saturated carbocycles. The van der Waals surface area contributed by atoms with Crippen LogP contribution in [0.15, 0.2) is 47.4 Å². The van der Waals surface area contributed by atoms with Crippen molar-refractivity contribution in [1.82, 2.24) is 4.90 Å². The Kier molecular flexibility index (Phi) is 6.76. The third kappa shape index (κ3) is 5.14. The molecule has 0 aliphatic rings. The van der Waals surface area contributed by atoms with Crippen LogP contribution in [0.2, 0.25) is 10.0 Å². The van der Waals surface area contributed by atoms with Crippen LogP contribution in [0.1, 0.15) is 17.3 Å². The summed E-state index contributed by atoms with van der Waals surface area (Å²) < 4.78 is 0. The molecule has 0 bridgehead atoms. The van der Waals surface area contributed by atoms with E-state index in [1.54, 1.807) is 63.5 Å². The number of para-hydroxylation sites is 1. The predicted molar refractivity (Wildman–Crippen MR) is 105 cm³/mol. The highest BCUT2D eigenvalue weighted by Crippen LogP contribution is 2.33. The molecule has 2 aromatic carbocycles. The number of hydrogen-bond donors (Lipinski definition) is 1. The van der Waals surface area contributed by atoms with Gasteiger partial charge in [0.05, 0.1) is 21.5 Å². The third-order valence-corrected chi connectivity index (χ3v) is 5.22. The normalized spacial score (nSPS) is 11.7. The van der Waals surface area contributed by atoms with E-state index in [9.17, 15) is 9.59 Å². The Morgan fingerprint density at radius 3 is 2.48 bits per heavy atom. The van der Waals surface area contributed by atoms with Gasteiger partial charge in [0.2, 0.25) is 5.91 Å². The van der Waals surface area contributed by atoms with Gasteiger partial charge in [-0.05, 0) is 37.3 Å². The number of thioether (sulfide) groups is 1. The Bertz CT molecular complexity index is 796. The molecule has 2 amide bonds. The van der Waals surface area contributed by atoms with Gasteiger partial charge in [-0.3, -0.25) is 9.59 Å². The number of amides is 2. The average molecular weight is 397 g/mol. The molecule has 2 rings (SSSR count). The molecule has 25 heavy (non-hydrogen) atoms. The van der Waals surface area contributed by atoms with Crippen molar-refractivity contribution in [2.24, 2.45) is 0 Å². The summed E-state index contributed by atoms with van der Waals surface area (Å²) in [6.07, 6.45) is 0. The van der Waals surface area contributed by atoms with Crippen molar-refractivity contribution in [1.29, 1.82) is 0 Å². The highest BCUT2D eigenvalue weighted by molar-refractivity contribution is 8.00. The summed E-state index contributed by atoms with van der Waals surface area (Å²) in [6.45, 7) is 1.77. The molecule has 1 unspecified atom stereocenters. The van der Waals surface area contributed by atoms with Crippen LogP contribution in [-0.4, -0.2) is 36.1 Å². The molecular weight excluding hydrogens is 379 g/mol. The zero-order valence-electron chi connectivity index (χ0n) is 14.0. The second kappa shape index (κ2) is 8.61. The van der Waals surface area contributed by atoms with E-state index in [2.05, 4.69) is 5.32 Å². The second-order valence-corrected chi connectivity index (χ2v) is 7.80. The number of halogens is 2. The highest BCUT2D eigenvalue weighted by atomic mass is 35.5. The molecule has 0 radical (unpaired) electrons. The molecule has 0 fully saturated rings. The summed E-state index contributed by atoms with van der Waals surface area (Å²) in [5.41, 5.74) is 0.926. The van der Waals surface area contributed by atoms with Crippen molar-refractivity contribution >= 4 is 52.5 Å². The third-order valence-electron chi connectivity index (χ3n) is 3.39. The summed E-state index contributed by atoms with van der Waals surface area (Å²) in [4.78, 5) is 27.0. The Hall–Kier alpha value is -1.69. The molecule has 1 atom stereocenters. The minimum atomic E-state index is -0.418. The van der Waals surface area contributed by atoms with E-state index in [-0.39, 0.29) is 11.8 Å². The van der Waals surface area contributed by atoms with Gasteiger partial charge in [-0.2, -0.15) is 0 Å². The van der Waals surface area contributed by atoms with Crippen LogP contribution in [0.5, 0.6) is 0 Å². The lowest BCUT2D eigenvalue weighted by molar-refractivity contribution is -0.115. The minimum absolute atomic E-state index is 0.172. The molecule has 7 heteroatoms. The Morgan fingerprint density at radius 2 is 1.80 bits per heavy atom. The fourth-order valence-corrected chi connectivity index (χ4v) is 3.48. The SMILES string of the molecule is CC(Sc1cc(Cl)ccc1Cl)C(=O)Nc1ccccc1C(=O)N(C)C. The van der Waals surface area contributed by atoms with E-state index >= 15 is 0 Å². The molecule has 0 spiro atoms. The van der Waals surface area contributed by atoms with Crippen molar-refractivity contribution in [3.63, 3.8) is 0 Å². The lowest BCUT2D eigenvalue weighted by atomic mass is 10.1. The van der Waals surface area contributed by atoms with Crippen LogP contribution in [0.4, 0.5) is 5.69 Å². The Morgan fingerprint density at radius 1 is 1.12 bits per heavy atom. The van der Waals surface area contributed by atoms with E-state index < -0.39 is 5.25 Å². The number of benzene rings is 2. The zero-order chi connectivity index (χ0) is 18.6. The number of nitrogens with zero attached hydrogens (tertiary/aromatic N) is 1. The standard InChI is InChI=1S/C18H18Cl2N2O2S/c1-11(25-16-10-12(19)8-9-14(16)20)17(23)21-15-7-5-4-6-13(15)18(24)22(2)3/h4-11H,1-3H3,(H,21,23). The first-order valence-corrected chi connectivity index (χ1v) is 9.16. The van der Waals surface area contributed by atoms with E-state index in [1.807, 2.05) is 0 Å². The van der Waals surface area contributed by atoms with Crippen molar-refractivity contribution in [2.45, 2.75) is 17.1 Å². The van der Waals surface area contributed by atoms with Gasteiger partial charge in [0.1, 0.15) is 0 Å². The predicted octanol–water partition coefficient (Wildman–Crippen LogP) is 4.81. The van der Waals surface area contributed by atoms with Crippen LogP contribution in [-0.2, 0) is 4.79 Å². The average Bonchev–Trinajstić information content (AvgIpc) is 2.57. The fraction of sp³-hybridized carbons (Fsp3) is 0.222. The van der Waals surface area contributed by atoms with Crippen LogP contribution in [0.25, 0.3) is 0 Å². The van der Waals surface area contributed by atoms with Gasteiger partial charge in [0.25, 0.3) is 5.91 Å². The maximum absolute atomic E-state index is 12.5. The van der Waals surface area contributed by atoms with E-state index in [4.69, 9.17) is 23.2 Å². The molecule has 0 aliphatic carbocycles. The topological polar surface area (TPSA) is 49.4 Å². The Balaban J connectivity index is 2.14. The molecule has 0 aliphatic heterocycles. The van der Waals surface area contributed by atoms with Crippen molar-refractivity contribution in [3.05, 3.63) is 58.1 Å². The summed E-state index contributed by atoms with van der Waals surface area (Å²) in [6, 6.07) is 12.0. The summed E-state index contributed by atoms with van der Waals surface area (Å²) in [5.74, 6) is -0.394. The first-order valence-electron chi connectivity index (χ1n) is 7.53. The molecule has 1 N–H and O–H groups in total. The lowest BCUT2D eigenvalue weighted by Gasteiger charge is -2.17. The minimum Gasteiger partial charge on any atom is -0.345 e. The summed E-state index contributed by atoms with van der Waals surface area (Å²) in [5, 5.41) is 3.49. The molecule has 132 valence electrons. The first-order chi connectivity index (χ1) is 11.8. The van der Waals surface area contributed by atoms with Gasteiger partial charge >= 0.3 is 0 Å².